The maximum absolute atomic E-state index is 12.1. The molecule has 3 N–H and O–H groups in total. The van der Waals surface area contributed by atoms with E-state index in [2.05, 4.69) is 24.4 Å². The zero-order valence-electron chi connectivity index (χ0n) is 21.6. The molecular formula is C25H45NO8S. The van der Waals surface area contributed by atoms with Crippen LogP contribution in [0.5, 0.6) is 0 Å². The molecule has 0 aliphatic carbocycles. The second-order valence-corrected chi connectivity index (χ2v) is 11.0. The van der Waals surface area contributed by atoms with E-state index in [4.69, 9.17) is 14.4 Å². The van der Waals surface area contributed by atoms with Crippen LogP contribution in [0.15, 0.2) is 12.2 Å². The van der Waals surface area contributed by atoms with E-state index in [0.717, 1.165) is 38.5 Å². The Hall–Kier alpha value is -1.94. The number of ether oxygens (including phenoxy) is 1. The molecule has 204 valence electrons. The van der Waals surface area contributed by atoms with Crippen LogP contribution in [-0.4, -0.2) is 46.9 Å². The molecule has 10 heteroatoms. The normalized spacial score (nSPS) is 13.0. The summed E-state index contributed by atoms with van der Waals surface area (Å²) in [4.78, 5) is 35.0. The van der Waals surface area contributed by atoms with Gasteiger partial charge in [-0.3, -0.25) is 18.9 Å². The number of esters is 1. The van der Waals surface area contributed by atoms with Gasteiger partial charge in [-0.05, 0) is 46.0 Å². The third kappa shape index (κ3) is 19.0. The molecule has 0 rings (SSSR count). The van der Waals surface area contributed by atoms with Gasteiger partial charge in [-0.2, -0.15) is 8.42 Å². The van der Waals surface area contributed by atoms with Crippen LogP contribution in [0.1, 0.15) is 117 Å². The minimum Gasteiger partial charge on any atom is -0.481 e. The fourth-order valence-corrected chi connectivity index (χ4v) is 4.21. The lowest BCUT2D eigenvalue weighted by molar-refractivity contribution is -0.162. The predicted octanol–water partition coefficient (Wildman–Crippen LogP) is 5.15. The highest BCUT2D eigenvalue weighted by Gasteiger charge is 2.38. The average Bonchev–Trinajstić information content (AvgIpc) is 2.73. The van der Waals surface area contributed by atoms with Crippen LogP contribution in [0.4, 0.5) is 0 Å². The van der Waals surface area contributed by atoms with E-state index in [1.807, 2.05) is 0 Å². The number of carboxylic acids is 1. The molecule has 1 amide bonds. The molecule has 0 heterocycles. The molecule has 0 saturated heterocycles. The van der Waals surface area contributed by atoms with Gasteiger partial charge in [0.1, 0.15) is 0 Å². The van der Waals surface area contributed by atoms with Crippen LogP contribution in [0, 0.1) is 0 Å². The summed E-state index contributed by atoms with van der Waals surface area (Å²) in [5.41, 5.74) is -1.56. The number of carbonyl (C=O) groups excluding carboxylic acids is 2. The second-order valence-electron chi connectivity index (χ2n) is 9.42. The van der Waals surface area contributed by atoms with Gasteiger partial charge in [0, 0.05) is 6.42 Å². The molecule has 0 bridgehead atoms. The average molecular weight is 520 g/mol. The molecule has 1 unspecified atom stereocenters. The van der Waals surface area contributed by atoms with Crippen LogP contribution in [0.2, 0.25) is 0 Å². The second kappa shape index (κ2) is 18.3. The first-order chi connectivity index (χ1) is 16.4. The zero-order valence-corrected chi connectivity index (χ0v) is 22.4. The molecule has 35 heavy (non-hydrogen) atoms. The van der Waals surface area contributed by atoms with E-state index < -0.39 is 39.5 Å². The fraction of sp³-hybridized carbons (Fsp3) is 0.800. The molecule has 0 aromatic rings. The van der Waals surface area contributed by atoms with Gasteiger partial charge < -0.3 is 15.2 Å². The van der Waals surface area contributed by atoms with Crippen molar-refractivity contribution in [1.82, 2.24) is 5.32 Å². The highest BCUT2D eigenvalue weighted by molar-refractivity contribution is 7.87. The summed E-state index contributed by atoms with van der Waals surface area (Å²) in [6, 6.07) is 0. The minimum atomic E-state index is -4.97. The molecule has 0 fully saturated rings. The Labute approximate surface area is 210 Å². The maximum Gasteiger partial charge on any atom is 0.329 e. The summed E-state index contributed by atoms with van der Waals surface area (Å²) >= 11 is 0. The van der Waals surface area contributed by atoms with Gasteiger partial charge in [0.2, 0.25) is 5.91 Å². The van der Waals surface area contributed by atoms with E-state index in [9.17, 15) is 22.8 Å². The lowest BCUT2D eigenvalue weighted by atomic mass is 10.1. The number of unbranched alkanes of at least 4 members (excludes halogenated alkanes) is 11. The molecule has 0 saturated carbocycles. The molecule has 0 spiro atoms. The van der Waals surface area contributed by atoms with Gasteiger partial charge in [-0.25, -0.2) is 0 Å². The van der Waals surface area contributed by atoms with Crippen molar-refractivity contribution < 1.29 is 37.2 Å². The number of rotatable bonds is 21. The van der Waals surface area contributed by atoms with E-state index in [-0.39, 0.29) is 12.3 Å². The van der Waals surface area contributed by atoms with Gasteiger partial charge in [-0.1, -0.05) is 70.4 Å². The first-order valence-electron chi connectivity index (χ1n) is 12.8. The quantitative estimate of drug-likeness (QED) is 0.0620. The van der Waals surface area contributed by atoms with Gasteiger partial charge in [0.05, 0.1) is 6.42 Å². The van der Waals surface area contributed by atoms with Gasteiger partial charge in [0.15, 0.2) is 11.0 Å². The molecule has 0 aromatic heterocycles. The van der Waals surface area contributed by atoms with Gasteiger partial charge in [-0.15, -0.1) is 0 Å². The van der Waals surface area contributed by atoms with E-state index >= 15 is 0 Å². The minimum absolute atomic E-state index is 0.218. The molecule has 0 aromatic carbocycles. The highest BCUT2D eigenvalue weighted by atomic mass is 32.2. The highest BCUT2D eigenvalue weighted by Crippen LogP contribution is 2.15. The predicted molar refractivity (Wildman–Crippen MR) is 135 cm³/mol. The van der Waals surface area contributed by atoms with Crippen LogP contribution >= 0.6 is 0 Å². The van der Waals surface area contributed by atoms with Crippen LogP contribution in [0.3, 0.4) is 0 Å². The number of carbonyl (C=O) groups is 3. The molecule has 0 aliphatic heterocycles. The number of amides is 1. The summed E-state index contributed by atoms with van der Waals surface area (Å²) in [5, 5.41) is 8.97. The topological polar surface area (TPSA) is 147 Å². The summed E-state index contributed by atoms with van der Waals surface area (Å²) < 4.78 is 36.6. The van der Waals surface area contributed by atoms with Crippen molar-refractivity contribution in [1.29, 1.82) is 0 Å². The Morgan fingerprint density at radius 2 is 1.37 bits per heavy atom. The first kappa shape index (κ1) is 33.1. The molecular weight excluding hydrogens is 474 g/mol. The molecule has 1 atom stereocenters. The SMILES string of the molecule is CCCCCCCC/C=C\CCCCCCCC(=O)NC(C)(C)OC(=O)C(CC(=O)O)S(=O)(=O)O. The number of aliphatic carboxylic acids is 1. The maximum atomic E-state index is 12.1. The molecule has 0 radical (unpaired) electrons. The Balaban J connectivity index is 4.00. The first-order valence-corrected chi connectivity index (χ1v) is 14.3. The van der Waals surface area contributed by atoms with Crippen molar-refractivity contribution in [3.8, 4) is 0 Å². The van der Waals surface area contributed by atoms with Gasteiger partial charge >= 0.3 is 11.9 Å². The van der Waals surface area contributed by atoms with Gasteiger partial charge in [0.25, 0.3) is 10.1 Å². The molecule has 9 nitrogen and oxygen atoms in total. The lowest BCUT2D eigenvalue weighted by Gasteiger charge is -2.27. The van der Waals surface area contributed by atoms with Crippen molar-refractivity contribution >= 4 is 28.0 Å². The standard InChI is InChI=1S/C25H45NO8S/c1-4-5-6-7-8-9-10-11-12-13-14-15-16-17-18-19-22(27)26-25(2,3)34-24(30)21(20-23(28)29)35(31,32)33/h11-12,21H,4-10,13-20H2,1-3H3,(H,26,27)(H,28,29)(H,31,32,33)/b12-11-. The fourth-order valence-electron chi connectivity index (χ4n) is 3.57. The largest absolute Gasteiger partial charge is 0.481 e. The third-order valence-electron chi connectivity index (χ3n) is 5.44. The summed E-state index contributed by atoms with van der Waals surface area (Å²) in [6.45, 7) is 4.90. The lowest BCUT2D eigenvalue weighted by Crippen LogP contribution is -2.49. The van der Waals surface area contributed by atoms with E-state index in [1.165, 1.54) is 52.4 Å². The summed E-state index contributed by atoms with van der Waals surface area (Å²) in [6.07, 6.45) is 18.5. The number of allylic oxidation sites excluding steroid dienone is 2. The van der Waals surface area contributed by atoms with E-state index in [0.29, 0.717) is 6.42 Å². The molecule has 0 aliphatic rings. The van der Waals surface area contributed by atoms with Crippen molar-refractivity contribution in [3.63, 3.8) is 0 Å². The number of carboxylic acid groups (broad SMARTS) is 1. The zero-order chi connectivity index (χ0) is 26.7. The Kier molecular flexibility index (Phi) is 17.3. The van der Waals surface area contributed by atoms with Crippen molar-refractivity contribution in [3.05, 3.63) is 12.2 Å². The summed E-state index contributed by atoms with van der Waals surface area (Å²) in [7, 11) is -4.97. The smallest absolute Gasteiger partial charge is 0.329 e. The number of hydrogen-bond acceptors (Lipinski definition) is 6. The monoisotopic (exact) mass is 519 g/mol. The Bertz CT molecular complexity index is 761. The van der Waals surface area contributed by atoms with Crippen LogP contribution < -0.4 is 5.32 Å². The van der Waals surface area contributed by atoms with Crippen LogP contribution in [-0.2, 0) is 29.2 Å². The summed E-state index contributed by atoms with van der Waals surface area (Å²) in [5.74, 6) is -3.40. The van der Waals surface area contributed by atoms with E-state index in [1.54, 1.807) is 0 Å². The number of nitrogens with one attached hydrogen (secondary N) is 1. The van der Waals surface area contributed by atoms with Crippen molar-refractivity contribution in [2.24, 2.45) is 0 Å². The third-order valence-corrected chi connectivity index (χ3v) is 6.52. The van der Waals surface area contributed by atoms with Crippen molar-refractivity contribution in [2.45, 2.75) is 128 Å². The van der Waals surface area contributed by atoms with Crippen molar-refractivity contribution in [2.75, 3.05) is 0 Å². The number of hydrogen-bond donors (Lipinski definition) is 3. The Morgan fingerprint density at radius 1 is 0.886 bits per heavy atom. The van der Waals surface area contributed by atoms with Crippen LogP contribution in [0.25, 0.3) is 0 Å². The Morgan fingerprint density at radius 3 is 1.86 bits per heavy atom.